The van der Waals surface area contributed by atoms with Crippen molar-refractivity contribution in [1.29, 1.82) is 0 Å². The van der Waals surface area contributed by atoms with Gasteiger partial charge in [0.15, 0.2) is 0 Å². The van der Waals surface area contributed by atoms with E-state index in [1.165, 1.54) is 112 Å². The molecule has 0 N–H and O–H groups in total. The Labute approximate surface area is 232 Å². The highest BCUT2D eigenvalue weighted by Gasteiger charge is 2.34. The normalized spacial score (nSPS) is 17.1. The Balaban J connectivity index is 1.21. The Morgan fingerprint density at radius 1 is 0.737 bits per heavy atom. The average molecular weight is 517 g/mol. The number of furan rings is 1. The van der Waals surface area contributed by atoms with Gasteiger partial charge in [0.05, 0.1) is 0 Å². The lowest BCUT2D eigenvalue weighted by molar-refractivity contribution is 0.0530. The van der Waals surface area contributed by atoms with Gasteiger partial charge in [0.2, 0.25) is 0 Å². The van der Waals surface area contributed by atoms with Crippen molar-refractivity contribution in [2.24, 2.45) is 0 Å². The van der Waals surface area contributed by atoms with Gasteiger partial charge >= 0.3 is 0 Å². The van der Waals surface area contributed by atoms with E-state index in [1.54, 1.807) is 0 Å². The van der Waals surface area contributed by atoms with Crippen molar-refractivity contribution in [2.45, 2.75) is 142 Å². The minimum atomic E-state index is -0.0546. The molecule has 1 aliphatic heterocycles. The van der Waals surface area contributed by atoms with Gasteiger partial charge in [-0.05, 0) is 63.6 Å². The Bertz CT molecular complexity index is 1130. The average Bonchev–Trinajstić information content (AvgIpc) is 3.38. The maximum absolute atomic E-state index is 6.83. The van der Waals surface area contributed by atoms with Crippen LogP contribution in [0.2, 0.25) is 0 Å². The van der Waals surface area contributed by atoms with Crippen molar-refractivity contribution in [3.05, 3.63) is 53.1 Å². The largest absolute Gasteiger partial charge is 0.487 e. The summed E-state index contributed by atoms with van der Waals surface area (Å²) in [6, 6.07) is 12.7. The van der Waals surface area contributed by atoms with Crippen molar-refractivity contribution >= 4 is 11.0 Å². The van der Waals surface area contributed by atoms with Crippen molar-refractivity contribution in [2.75, 3.05) is 0 Å². The molecular formula is C36H52O2. The van der Waals surface area contributed by atoms with Crippen LogP contribution >= 0.6 is 0 Å². The molecule has 2 heteroatoms. The fraction of sp³-hybridized carbons (Fsp3) is 0.611. The summed E-state index contributed by atoms with van der Waals surface area (Å²) in [5.74, 6) is 2.07. The van der Waals surface area contributed by atoms with E-state index in [-0.39, 0.29) is 5.60 Å². The van der Waals surface area contributed by atoms with Gasteiger partial charge in [0.25, 0.3) is 0 Å². The van der Waals surface area contributed by atoms with E-state index < -0.39 is 0 Å². The first-order valence-electron chi connectivity index (χ1n) is 15.8. The molecule has 2 nitrogen and oxygen atoms in total. The van der Waals surface area contributed by atoms with E-state index in [0.717, 1.165) is 41.9 Å². The maximum Gasteiger partial charge on any atom is 0.138 e. The van der Waals surface area contributed by atoms with E-state index in [0.29, 0.717) is 0 Å². The fourth-order valence-electron chi connectivity index (χ4n) is 6.27. The first-order valence-corrected chi connectivity index (χ1v) is 15.8. The number of rotatable bonds is 16. The van der Waals surface area contributed by atoms with Gasteiger partial charge in [-0.3, -0.25) is 0 Å². The zero-order valence-electron chi connectivity index (χ0n) is 24.8. The van der Waals surface area contributed by atoms with Gasteiger partial charge in [-0.1, -0.05) is 121 Å². The van der Waals surface area contributed by atoms with Gasteiger partial charge in [0.1, 0.15) is 22.7 Å². The van der Waals surface area contributed by atoms with Gasteiger partial charge in [0, 0.05) is 16.5 Å². The predicted molar refractivity (Wildman–Crippen MR) is 163 cm³/mol. The minimum Gasteiger partial charge on any atom is -0.487 e. The molecule has 0 fully saturated rings. The highest BCUT2D eigenvalue weighted by Crippen LogP contribution is 2.45. The summed E-state index contributed by atoms with van der Waals surface area (Å²) in [5.41, 5.74) is 5.90. The molecule has 2 heterocycles. The van der Waals surface area contributed by atoms with Crippen LogP contribution < -0.4 is 4.74 Å². The van der Waals surface area contributed by atoms with E-state index in [9.17, 15) is 0 Å². The van der Waals surface area contributed by atoms with Crippen LogP contribution in [0.25, 0.3) is 22.3 Å². The van der Waals surface area contributed by atoms with Crippen LogP contribution in [0, 0.1) is 13.8 Å². The molecule has 38 heavy (non-hydrogen) atoms. The van der Waals surface area contributed by atoms with Crippen LogP contribution in [0.5, 0.6) is 5.75 Å². The second-order valence-corrected chi connectivity index (χ2v) is 12.2. The highest BCUT2D eigenvalue weighted by atomic mass is 16.5. The summed E-state index contributed by atoms with van der Waals surface area (Å²) in [5, 5.41) is 1.24. The smallest absolute Gasteiger partial charge is 0.138 e. The van der Waals surface area contributed by atoms with Crippen molar-refractivity contribution in [1.82, 2.24) is 0 Å². The molecule has 2 aromatic carbocycles. The second-order valence-electron chi connectivity index (χ2n) is 12.2. The summed E-state index contributed by atoms with van der Waals surface area (Å²) in [7, 11) is 0. The van der Waals surface area contributed by atoms with E-state index in [2.05, 4.69) is 64.1 Å². The molecule has 4 rings (SSSR count). The molecule has 0 spiro atoms. The lowest BCUT2D eigenvalue weighted by Gasteiger charge is -2.37. The monoisotopic (exact) mass is 516 g/mol. The Morgan fingerprint density at radius 3 is 1.92 bits per heavy atom. The van der Waals surface area contributed by atoms with Crippen molar-refractivity contribution < 1.29 is 9.15 Å². The summed E-state index contributed by atoms with van der Waals surface area (Å²) < 4.78 is 13.2. The van der Waals surface area contributed by atoms with Crippen LogP contribution in [-0.4, -0.2) is 5.60 Å². The third-order valence-corrected chi connectivity index (χ3v) is 8.94. The maximum atomic E-state index is 6.83. The molecule has 1 unspecified atom stereocenters. The highest BCUT2D eigenvalue weighted by molar-refractivity contribution is 5.91. The number of aryl methyl sites for hydroxylation is 2. The van der Waals surface area contributed by atoms with Crippen LogP contribution in [0.1, 0.15) is 133 Å². The molecule has 0 saturated carbocycles. The van der Waals surface area contributed by atoms with Gasteiger partial charge < -0.3 is 9.15 Å². The number of hydrogen-bond donors (Lipinski definition) is 0. The molecule has 1 aliphatic rings. The van der Waals surface area contributed by atoms with Crippen LogP contribution in [0.3, 0.4) is 0 Å². The zero-order valence-corrected chi connectivity index (χ0v) is 24.8. The third-order valence-electron chi connectivity index (χ3n) is 8.94. The van der Waals surface area contributed by atoms with Gasteiger partial charge in [-0.15, -0.1) is 0 Å². The Morgan fingerprint density at radius 2 is 1.32 bits per heavy atom. The van der Waals surface area contributed by atoms with Crippen LogP contribution in [0.15, 0.2) is 40.8 Å². The van der Waals surface area contributed by atoms with Gasteiger partial charge in [-0.2, -0.15) is 0 Å². The predicted octanol–water partition coefficient (Wildman–Crippen LogP) is 11.7. The molecular weight excluding hydrogens is 464 g/mol. The number of ether oxygens (including phenoxy) is 1. The number of fused-ring (bicyclic) bond motifs is 3. The molecule has 1 aromatic heterocycles. The van der Waals surface area contributed by atoms with E-state index in [4.69, 9.17) is 9.15 Å². The number of hydrogen-bond acceptors (Lipinski definition) is 2. The molecule has 0 radical (unpaired) electrons. The second kappa shape index (κ2) is 14.2. The molecule has 0 amide bonds. The third kappa shape index (κ3) is 7.45. The quantitative estimate of drug-likeness (QED) is 0.177. The molecule has 3 aromatic rings. The first kappa shape index (κ1) is 28.8. The molecule has 0 aliphatic carbocycles. The van der Waals surface area contributed by atoms with Crippen LogP contribution in [0.4, 0.5) is 0 Å². The lowest BCUT2D eigenvalue weighted by Crippen LogP contribution is -2.36. The standard InChI is InChI=1S/C36H52O2/c1-5-6-7-8-9-10-11-12-13-14-15-16-17-21-25-36(4)26-24-31-32-27-33(30-22-19-18-20-23-30)37-34(32)28(2)29(3)35(31)38-36/h18-20,22-23,27H,5-17,21,24-26H2,1-4H3. The number of benzene rings is 2. The topological polar surface area (TPSA) is 22.4 Å². The summed E-state index contributed by atoms with van der Waals surface area (Å²) in [6.45, 7) is 9.02. The molecule has 208 valence electrons. The zero-order chi connectivity index (χ0) is 26.8. The summed E-state index contributed by atoms with van der Waals surface area (Å²) >= 11 is 0. The SMILES string of the molecule is CCCCCCCCCCCCCCCCC1(C)CCc2c(c(C)c(C)c3oc(-c4ccccc4)cc23)O1. The van der Waals surface area contributed by atoms with Gasteiger partial charge in [-0.25, -0.2) is 0 Å². The minimum absolute atomic E-state index is 0.0546. The van der Waals surface area contributed by atoms with E-state index in [1.807, 2.05) is 0 Å². The first-order chi connectivity index (χ1) is 18.5. The lowest BCUT2D eigenvalue weighted by atomic mass is 9.85. The summed E-state index contributed by atoms with van der Waals surface area (Å²) in [4.78, 5) is 0. The number of unbranched alkanes of at least 4 members (excludes halogenated alkanes) is 13. The van der Waals surface area contributed by atoms with Crippen molar-refractivity contribution in [3.8, 4) is 17.1 Å². The van der Waals surface area contributed by atoms with Crippen molar-refractivity contribution in [3.63, 3.8) is 0 Å². The molecule has 0 bridgehead atoms. The molecule has 1 atom stereocenters. The Hall–Kier alpha value is -2.22. The Kier molecular flexibility index (Phi) is 10.8. The van der Waals surface area contributed by atoms with Crippen LogP contribution in [-0.2, 0) is 6.42 Å². The molecule has 0 saturated heterocycles. The fourth-order valence-corrected chi connectivity index (χ4v) is 6.27. The summed E-state index contributed by atoms with van der Waals surface area (Å²) in [6.07, 6.45) is 23.0. The van der Waals surface area contributed by atoms with E-state index >= 15 is 0 Å².